The van der Waals surface area contributed by atoms with Crippen LogP contribution in [0.2, 0.25) is 0 Å². The maximum atomic E-state index is 3.31. The van der Waals surface area contributed by atoms with E-state index in [9.17, 15) is 0 Å². The Morgan fingerprint density at radius 3 is 3.11 bits per heavy atom. The van der Waals surface area contributed by atoms with Gasteiger partial charge in [0.2, 0.25) is 0 Å². The van der Waals surface area contributed by atoms with E-state index in [1.54, 1.807) is 0 Å². The van der Waals surface area contributed by atoms with Crippen molar-refractivity contribution in [3.8, 4) is 0 Å². The summed E-state index contributed by atoms with van der Waals surface area (Å²) in [6, 6.07) is 0. The molecule has 3 heteroatoms. The van der Waals surface area contributed by atoms with Crippen molar-refractivity contribution in [1.29, 1.82) is 0 Å². The lowest BCUT2D eigenvalue weighted by Crippen LogP contribution is -2.32. The number of hydrogen-bond donors (Lipinski definition) is 1. The molecular weight excluding hydrogens is 132 g/mol. The molecule has 0 aromatic heterocycles. The Morgan fingerprint density at radius 1 is 1.67 bits per heavy atom. The van der Waals surface area contributed by atoms with Crippen molar-refractivity contribution >= 4 is 11.8 Å². The van der Waals surface area contributed by atoms with Gasteiger partial charge in [0.25, 0.3) is 0 Å². The third-order valence-electron chi connectivity index (χ3n) is 1.51. The predicted molar refractivity (Wildman–Crippen MR) is 42.6 cm³/mol. The molecule has 1 heterocycles. The third kappa shape index (κ3) is 2.56. The molecule has 0 amide bonds. The molecule has 1 fully saturated rings. The summed E-state index contributed by atoms with van der Waals surface area (Å²) < 4.78 is 0. The fourth-order valence-corrected chi connectivity index (χ4v) is 1.38. The van der Waals surface area contributed by atoms with E-state index in [4.69, 9.17) is 0 Å². The molecule has 0 bridgehead atoms. The molecule has 54 valence electrons. The van der Waals surface area contributed by atoms with Gasteiger partial charge in [0.1, 0.15) is 0 Å². The van der Waals surface area contributed by atoms with Crippen molar-refractivity contribution in [1.82, 2.24) is 10.4 Å². The monoisotopic (exact) mass is 146 g/mol. The maximum absolute atomic E-state index is 3.31. The minimum Gasteiger partial charge on any atom is -0.255 e. The van der Waals surface area contributed by atoms with Crippen LogP contribution in [0.3, 0.4) is 0 Å². The molecular formula is C6H14N2S. The van der Waals surface area contributed by atoms with Crippen LogP contribution in [0.1, 0.15) is 6.42 Å². The quantitative estimate of drug-likeness (QED) is 0.626. The summed E-state index contributed by atoms with van der Waals surface area (Å²) in [5.41, 5.74) is 3.31. The molecule has 0 aromatic carbocycles. The standard InChI is InChI=1S/C6H14N2S/c1-9-6-5-8-4-2-3-7-8/h7H,2-6H2,1H3. The van der Waals surface area contributed by atoms with Crippen molar-refractivity contribution < 1.29 is 0 Å². The lowest BCUT2D eigenvalue weighted by Gasteiger charge is -2.12. The molecule has 0 spiro atoms. The molecule has 0 aromatic rings. The van der Waals surface area contributed by atoms with Crippen LogP contribution in [-0.4, -0.2) is 36.7 Å². The molecule has 9 heavy (non-hydrogen) atoms. The zero-order chi connectivity index (χ0) is 6.53. The molecule has 1 N–H and O–H groups in total. The Hall–Kier alpha value is 0.270. The van der Waals surface area contributed by atoms with E-state index in [0.29, 0.717) is 0 Å². The van der Waals surface area contributed by atoms with Gasteiger partial charge < -0.3 is 0 Å². The Labute approximate surface area is 61.0 Å². The molecule has 0 saturated carbocycles. The Balaban J connectivity index is 1.98. The highest BCUT2D eigenvalue weighted by molar-refractivity contribution is 7.98. The van der Waals surface area contributed by atoms with Crippen LogP contribution in [0.15, 0.2) is 0 Å². The third-order valence-corrected chi connectivity index (χ3v) is 2.10. The first-order valence-electron chi connectivity index (χ1n) is 3.41. The summed E-state index contributed by atoms with van der Waals surface area (Å²) >= 11 is 1.91. The number of rotatable bonds is 3. The number of nitrogens with zero attached hydrogens (tertiary/aromatic N) is 1. The van der Waals surface area contributed by atoms with Gasteiger partial charge in [0.15, 0.2) is 0 Å². The summed E-state index contributed by atoms with van der Waals surface area (Å²) in [5, 5.41) is 2.30. The van der Waals surface area contributed by atoms with Gasteiger partial charge in [-0.05, 0) is 12.7 Å². The lowest BCUT2D eigenvalue weighted by atomic mass is 10.5. The highest BCUT2D eigenvalue weighted by Gasteiger charge is 2.08. The highest BCUT2D eigenvalue weighted by atomic mass is 32.2. The average molecular weight is 146 g/mol. The van der Waals surface area contributed by atoms with Gasteiger partial charge >= 0.3 is 0 Å². The second-order valence-electron chi connectivity index (χ2n) is 2.24. The number of thioether (sulfide) groups is 1. The van der Waals surface area contributed by atoms with Gasteiger partial charge in [0.05, 0.1) is 0 Å². The van der Waals surface area contributed by atoms with Crippen molar-refractivity contribution in [2.45, 2.75) is 6.42 Å². The van der Waals surface area contributed by atoms with Gasteiger partial charge in [-0.1, -0.05) is 0 Å². The van der Waals surface area contributed by atoms with Crippen molar-refractivity contribution in [2.24, 2.45) is 0 Å². The molecule has 2 nitrogen and oxygen atoms in total. The molecule has 1 aliphatic heterocycles. The SMILES string of the molecule is CSCCN1CCCN1. The van der Waals surface area contributed by atoms with Crippen molar-refractivity contribution in [3.63, 3.8) is 0 Å². The van der Waals surface area contributed by atoms with E-state index in [1.165, 1.54) is 31.8 Å². The summed E-state index contributed by atoms with van der Waals surface area (Å²) in [7, 11) is 0. The average Bonchev–Trinajstić information content (AvgIpc) is 2.34. The van der Waals surface area contributed by atoms with E-state index in [2.05, 4.69) is 16.7 Å². The Bertz CT molecular complexity index is 71.5. The first-order chi connectivity index (χ1) is 4.43. The molecule has 1 aliphatic rings. The van der Waals surface area contributed by atoms with Crippen LogP contribution in [0.25, 0.3) is 0 Å². The number of hydrogen-bond acceptors (Lipinski definition) is 3. The van der Waals surface area contributed by atoms with E-state index in [0.717, 1.165) is 0 Å². The minimum absolute atomic E-state index is 1.17. The van der Waals surface area contributed by atoms with Crippen LogP contribution in [0, 0.1) is 0 Å². The molecule has 1 rings (SSSR count). The van der Waals surface area contributed by atoms with Crippen LogP contribution in [0.5, 0.6) is 0 Å². The largest absolute Gasteiger partial charge is 0.255 e. The van der Waals surface area contributed by atoms with Gasteiger partial charge in [0, 0.05) is 25.4 Å². The predicted octanol–water partition coefficient (Wildman–Crippen LogP) is 0.560. The summed E-state index contributed by atoms with van der Waals surface area (Å²) in [6.07, 6.45) is 3.46. The van der Waals surface area contributed by atoms with Crippen LogP contribution < -0.4 is 5.43 Å². The molecule has 0 unspecified atom stereocenters. The second kappa shape index (κ2) is 4.14. The summed E-state index contributed by atoms with van der Waals surface area (Å²) in [5.74, 6) is 1.24. The first kappa shape index (κ1) is 7.38. The molecule has 0 radical (unpaired) electrons. The van der Waals surface area contributed by atoms with Gasteiger partial charge in [-0.15, -0.1) is 0 Å². The van der Waals surface area contributed by atoms with Crippen molar-refractivity contribution in [3.05, 3.63) is 0 Å². The van der Waals surface area contributed by atoms with E-state index < -0.39 is 0 Å². The topological polar surface area (TPSA) is 15.3 Å². The Morgan fingerprint density at radius 2 is 2.56 bits per heavy atom. The van der Waals surface area contributed by atoms with Gasteiger partial charge in [-0.25, -0.2) is 5.01 Å². The summed E-state index contributed by atoms with van der Waals surface area (Å²) in [6.45, 7) is 3.61. The van der Waals surface area contributed by atoms with Crippen LogP contribution in [0.4, 0.5) is 0 Å². The molecule has 1 saturated heterocycles. The normalized spacial score (nSPS) is 21.0. The number of hydrazine groups is 1. The van der Waals surface area contributed by atoms with E-state index in [-0.39, 0.29) is 0 Å². The smallest absolute Gasteiger partial charge is 0.0221 e. The van der Waals surface area contributed by atoms with Crippen molar-refractivity contribution in [2.75, 3.05) is 31.6 Å². The molecule has 0 aliphatic carbocycles. The second-order valence-corrected chi connectivity index (χ2v) is 3.23. The fraction of sp³-hybridized carbons (Fsp3) is 1.00. The van der Waals surface area contributed by atoms with Gasteiger partial charge in [-0.2, -0.15) is 11.8 Å². The molecule has 0 atom stereocenters. The Kier molecular flexibility index (Phi) is 3.40. The van der Waals surface area contributed by atoms with Crippen LogP contribution >= 0.6 is 11.8 Å². The zero-order valence-corrected chi connectivity index (χ0v) is 6.71. The fourth-order valence-electron chi connectivity index (χ4n) is 0.978. The van der Waals surface area contributed by atoms with E-state index >= 15 is 0 Å². The first-order valence-corrected chi connectivity index (χ1v) is 4.80. The minimum atomic E-state index is 1.17. The maximum Gasteiger partial charge on any atom is 0.0221 e. The lowest BCUT2D eigenvalue weighted by molar-refractivity contribution is 0.271. The van der Waals surface area contributed by atoms with Gasteiger partial charge in [-0.3, -0.25) is 5.43 Å². The number of nitrogens with one attached hydrogen (secondary N) is 1. The van der Waals surface area contributed by atoms with Crippen LogP contribution in [-0.2, 0) is 0 Å². The highest BCUT2D eigenvalue weighted by Crippen LogP contribution is 1.98. The zero-order valence-electron chi connectivity index (χ0n) is 5.89. The van der Waals surface area contributed by atoms with E-state index in [1.807, 2.05) is 11.8 Å². The summed E-state index contributed by atoms with van der Waals surface area (Å²) in [4.78, 5) is 0.